The molecular formula is C26H30Cl4N6. The normalized spacial score (nSPS) is 12.6. The molecule has 2 atom stereocenters. The van der Waals surface area contributed by atoms with Crippen molar-refractivity contribution in [3.63, 3.8) is 0 Å². The van der Waals surface area contributed by atoms with E-state index in [2.05, 4.69) is 34.0 Å². The van der Waals surface area contributed by atoms with E-state index in [9.17, 15) is 0 Å². The van der Waals surface area contributed by atoms with Crippen LogP contribution in [-0.4, -0.2) is 29.5 Å². The summed E-state index contributed by atoms with van der Waals surface area (Å²) in [7, 11) is 0. The summed E-state index contributed by atoms with van der Waals surface area (Å²) < 4.78 is 3.68. The number of nitrogens with zero attached hydrogens (tertiary/aromatic N) is 6. The maximum Gasteiger partial charge on any atom is 0.137 e. The van der Waals surface area contributed by atoms with E-state index in [1.165, 1.54) is 0 Å². The van der Waals surface area contributed by atoms with E-state index in [1.807, 2.05) is 33.6 Å². The molecule has 0 aliphatic carbocycles. The van der Waals surface area contributed by atoms with Gasteiger partial charge in [-0.1, -0.05) is 85.2 Å². The Labute approximate surface area is 232 Å². The summed E-state index contributed by atoms with van der Waals surface area (Å²) in [5.41, 5.74) is 2.25. The van der Waals surface area contributed by atoms with Crippen LogP contribution in [0.3, 0.4) is 0 Å². The van der Waals surface area contributed by atoms with Gasteiger partial charge in [0.25, 0.3) is 0 Å². The average molecular weight is 568 g/mol. The highest BCUT2D eigenvalue weighted by Gasteiger charge is 2.16. The summed E-state index contributed by atoms with van der Waals surface area (Å²) in [6.07, 6.45) is 10.9. The Morgan fingerprint density at radius 2 is 1.08 bits per heavy atom. The number of rotatable bonds is 10. The zero-order valence-electron chi connectivity index (χ0n) is 20.4. The SMILES string of the molecule is CCCC(Cn1cncn1)c1ccc(Cl)cc1Cl.CCCC(Cn1cncn1)c1ccc(Cl)cc1Cl. The molecule has 36 heavy (non-hydrogen) atoms. The largest absolute Gasteiger partial charge is 0.252 e. The van der Waals surface area contributed by atoms with Crippen molar-refractivity contribution in [2.24, 2.45) is 0 Å². The van der Waals surface area contributed by atoms with Crippen LogP contribution in [0, 0.1) is 0 Å². The summed E-state index contributed by atoms with van der Waals surface area (Å²) in [6, 6.07) is 11.4. The van der Waals surface area contributed by atoms with Gasteiger partial charge in [0.1, 0.15) is 25.3 Å². The van der Waals surface area contributed by atoms with Crippen LogP contribution in [0.15, 0.2) is 61.7 Å². The molecule has 4 aromatic rings. The van der Waals surface area contributed by atoms with Crippen LogP contribution in [0.4, 0.5) is 0 Å². The lowest BCUT2D eigenvalue weighted by molar-refractivity contribution is 0.484. The Kier molecular flexibility index (Phi) is 11.5. The minimum Gasteiger partial charge on any atom is -0.252 e. The van der Waals surface area contributed by atoms with Crippen molar-refractivity contribution in [1.82, 2.24) is 29.5 Å². The predicted molar refractivity (Wildman–Crippen MR) is 148 cm³/mol. The molecule has 0 spiro atoms. The fourth-order valence-corrected chi connectivity index (χ4v) is 5.28. The zero-order chi connectivity index (χ0) is 25.9. The van der Waals surface area contributed by atoms with Gasteiger partial charge in [0.15, 0.2) is 0 Å². The van der Waals surface area contributed by atoms with Crippen molar-refractivity contribution in [3.8, 4) is 0 Å². The van der Waals surface area contributed by atoms with E-state index in [1.54, 1.807) is 37.4 Å². The van der Waals surface area contributed by atoms with Crippen molar-refractivity contribution >= 4 is 46.4 Å². The van der Waals surface area contributed by atoms with E-state index in [4.69, 9.17) is 46.4 Å². The third-order valence-electron chi connectivity index (χ3n) is 5.83. The maximum atomic E-state index is 6.27. The summed E-state index contributed by atoms with van der Waals surface area (Å²) in [4.78, 5) is 7.93. The van der Waals surface area contributed by atoms with Crippen LogP contribution in [-0.2, 0) is 13.1 Å². The molecule has 6 nitrogen and oxygen atoms in total. The van der Waals surface area contributed by atoms with Crippen LogP contribution in [0.25, 0.3) is 0 Å². The summed E-state index contributed by atoms with van der Waals surface area (Å²) in [5, 5.41) is 11.1. The van der Waals surface area contributed by atoms with Gasteiger partial charge >= 0.3 is 0 Å². The first-order valence-electron chi connectivity index (χ1n) is 12.0. The summed E-state index contributed by atoms with van der Waals surface area (Å²) >= 11 is 24.4. The highest BCUT2D eigenvalue weighted by atomic mass is 35.5. The fraction of sp³-hybridized carbons (Fsp3) is 0.385. The van der Waals surface area contributed by atoms with Gasteiger partial charge in [0.05, 0.1) is 0 Å². The molecule has 0 bridgehead atoms. The molecule has 2 aromatic carbocycles. The maximum absolute atomic E-state index is 6.27. The van der Waals surface area contributed by atoms with Gasteiger partial charge < -0.3 is 0 Å². The zero-order valence-corrected chi connectivity index (χ0v) is 23.4. The van der Waals surface area contributed by atoms with Crippen LogP contribution in [0.1, 0.15) is 62.5 Å². The van der Waals surface area contributed by atoms with Crippen LogP contribution in [0.5, 0.6) is 0 Å². The number of aromatic nitrogens is 6. The first-order chi connectivity index (χ1) is 17.4. The van der Waals surface area contributed by atoms with Gasteiger partial charge in [-0.3, -0.25) is 9.36 Å². The standard InChI is InChI=1S/2C13H15Cl2N3/c2*1-2-3-10(7-18-9-16-8-17-18)12-5-4-11(14)6-13(12)15/h2*4-6,8-10H,2-3,7H2,1H3. The number of halogens is 4. The summed E-state index contributed by atoms with van der Waals surface area (Å²) in [5.74, 6) is 0.669. The number of hydrogen-bond acceptors (Lipinski definition) is 4. The highest BCUT2D eigenvalue weighted by Crippen LogP contribution is 2.32. The molecule has 0 aliphatic rings. The molecule has 2 aromatic heterocycles. The lowest BCUT2D eigenvalue weighted by atomic mass is 9.94. The smallest absolute Gasteiger partial charge is 0.137 e. The molecule has 0 saturated carbocycles. The first kappa shape index (κ1) is 28.5. The molecule has 0 saturated heterocycles. The minimum absolute atomic E-state index is 0.335. The Bertz CT molecular complexity index is 1090. The Balaban J connectivity index is 0.000000201. The third kappa shape index (κ3) is 8.48. The monoisotopic (exact) mass is 566 g/mol. The van der Waals surface area contributed by atoms with Gasteiger partial charge in [-0.25, -0.2) is 9.97 Å². The molecule has 2 unspecified atom stereocenters. The van der Waals surface area contributed by atoms with Crippen molar-refractivity contribution in [2.75, 3.05) is 0 Å². The van der Waals surface area contributed by atoms with Gasteiger partial charge in [0, 0.05) is 45.0 Å². The van der Waals surface area contributed by atoms with Gasteiger partial charge in [0.2, 0.25) is 0 Å². The van der Waals surface area contributed by atoms with Crippen LogP contribution in [0.2, 0.25) is 20.1 Å². The molecule has 0 N–H and O–H groups in total. The predicted octanol–water partition coefficient (Wildman–Crippen LogP) is 8.34. The second-order valence-corrected chi connectivity index (χ2v) is 10.2. The molecule has 4 rings (SSSR count). The van der Waals surface area contributed by atoms with Gasteiger partial charge in [-0.15, -0.1) is 0 Å². The molecular weight excluding hydrogens is 538 g/mol. The van der Waals surface area contributed by atoms with Crippen molar-refractivity contribution < 1.29 is 0 Å². The average Bonchev–Trinajstić information content (AvgIpc) is 3.54. The molecule has 192 valence electrons. The molecule has 0 fully saturated rings. The number of hydrogen-bond donors (Lipinski definition) is 0. The number of benzene rings is 2. The molecule has 2 heterocycles. The topological polar surface area (TPSA) is 61.4 Å². The lowest BCUT2D eigenvalue weighted by Crippen LogP contribution is -2.10. The van der Waals surface area contributed by atoms with Crippen molar-refractivity contribution in [3.05, 3.63) is 92.9 Å². The van der Waals surface area contributed by atoms with Crippen molar-refractivity contribution in [1.29, 1.82) is 0 Å². The van der Waals surface area contributed by atoms with Crippen LogP contribution < -0.4 is 0 Å². The van der Waals surface area contributed by atoms with Crippen molar-refractivity contribution in [2.45, 2.75) is 64.5 Å². The van der Waals surface area contributed by atoms with E-state index in [0.717, 1.165) is 59.9 Å². The lowest BCUT2D eigenvalue weighted by Gasteiger charge is -2.18. The Morgan fingerprint density at radius 1 is 0.667 bits per heavy atom. The highest BCUT2D eigenvalue weighted by molar-refractivity contribution is 6.35. The second kappa shape index (κ2) is 14.6. The molecule has 0 radical (unpaired) electrons. The van der Waals surface area contributed by atoms with E-state index >= 15 is 0 Å². The van der Waals surface area contributed by atoms with E-state index in [-0.39, 0.29) is 0 Å². The Hall–Kier alpha value is -2.12. The van der Waals surface area contributed by atoms with Gasteiger partial charge in [-0.05, 0) is 48.2 Å². The van der Waals surface area contributed by atoms with Crippen LogP contribution >= 0.6 is 46.4 Å². The molecule has 0 aliphatic heterocycles. The first-order valence-corrected chi connectivity index (χ1v) is 13.5. The molecule has 0 amide bonds. The van der Waals surface area contributed by atoms with E-state index in [0.29, 0.717) is 21.9 Å². The summed E-state index contributed by atoms with van der Waals surface area (Å²) in [6.45, 7) is 5.90. The molecule has 10 heteroatoms. The second-order valence-electron chi connectivity index (χ2n) is 8.54. The van der Waals surface area contributed by atoms with Gasteiger partial charge in [-0.2, -0.15) is 10.2 Å². The third-order valence-corrected chi connectivity index (χ3v) is 6.95. The Morgan fingerprint density at radius 3 is 1.39 bits per heavy atom. The quantitative estimate of drug-likeness (QED) is 0.193. The minimum atomic E-state index is 0.335. The fourth-order valence-electron chi connectivity index (χ4n) is 4.16. The van der Waals surface area contributed by atoms with E-state index < -0.39 is 0 Å².